The van der Waals surface area contributed by atoms with Gasteiger partial charge < -0.3 is 23.7 Å². The molecule has 0 fully saturated rings. The number of ether oxygens (including phenoxy) is 5. The SMILES string of the molecule is COc1ccc([C@H]([C@@H](OC(C)=O)c2ccc(OC)c(OC)c2)C(C)(C)F)cc1OC. The zero-order valence-electron chi connectivity index (χ0n) is 18.4. The van der Waals surface area contributed by atoms with Gasteiger partial charge in [0.2, 0.25) is 0 Å². The van der Waals surface area contributed by atoms with Crippen LogP contribution >= 0.6 is 0 Å². The Labute approximate surface area is 176 Å². The molecule has 7 heteroatoms. The Morgan fingerprint density at radius 3 is 1.63 bits per heavy atom. The molecule has 0 saturated heterocycles. The number of halogens is 1. The molecular weight excluding hydrogens is 391 g/mol. The van der Waals surface area contributed by atoms with E-state index in [2.05, 4.69) is 0 Å². The summed E-state index contributed by atoms with van der Waals surface area (Å²) < 4.78 is 42.5. The quantitative estimate of drug-likeness (QED) is 0.540. The summed E-state index contributed by atoms with van der Waals surface area (Å²) in [5.74, 6) is 0.591. The minimum absolute atomic E-state index is 0.454. The Kier molecular flexibility index (Phi) is 7.54. The Balaban J connectivity index is 2.67. The van der Waals surface area contributed by atoms with E-state index in [4.69, 9.17) is 23.7 Å². The summed E-state index contributed by atoms with van der Waals surface area (Å²) in [6.45, 7) is 4.20. The molecule has 0 N–H and O–H groups in total. The number of hydrogen-bond acceptors (Lipinski definition) is 6. The van der Waals surface area contributed by atoms with E-state index in [9.17, 15) is 4.79 Å². The number of hydrogen-bond donors (Lipinski definition) is 0. The summed E-state index contributed by atoms with van der Waals surface area (Å²) in [7, 11) is 6.07. The molecule has 0 bridgehead atoms. The maximum atomic E-state index is 15.6. The third-order valence-electron chi connectivity index (χ3n) is 4.84. The topological polar surface area (TPSA) is 63.2 Å². The van der Waals surface area contributed by atoms with Crippen molar-refractivity contribution in [2.45, 2.75) is 38.5 Å². The van der Waals surface area contributed by atoms with Gasteiger partial charge in [0, 0.05) is 6.92 Å². The molecule has 0 spiro atoms. The van der Waals surface area contributed by atoms with Crippen LogP contribution in [0, 0.1) is 0 Å². The number of carbonyl (C=O) groups excluding carboxylic acids is 1. The van der Waals surface area contributed by atoms with Gasteiger partial charge in [-0.1, -0.05) is 12.1 Å². The van der Waals surface area contributed by atoms with Gasteiger partial charge in [0.1, 0.15) is 11.8 Å². The third kappa shape index (κ3) is 5.14. The van der Waals surface area contributed by atoms with E-state index >= 15 is 4.39 Å². The normalized spacial score (nSPS) is 13.2. The van der Waals surface area contributed by atoms with Gasteiger partial charge >= 0.3 is 5.97 Å². The molecule has 0 unspecified atom stereocenters. The first-order chi connectivity index (χ1) is 14.2. The van der Waals surface area contributed by atoms with E-state index in [1.165, 1.54) is 49.2 Å². The first-order valence-corrected chi connectivity index (χ1v) is 9.46. The van der Waals surface area contributed by atoms with Crippen LogP contribution in [-0.4, -0.2) is 40.1 Å². The molecule has 0 aliphatic carbocycles. The highest BCUT2D eigenvalue weighted by molar-refractivity contribution is 5.66. The van der Waals surface area contributed by atoms with Gasteiger partial charge in [-0.3, -0.25) is 4.79 Å². The molecule has 164 valence electrons. The lowest BCUT2D eigenvalue weighted by molar-refractivity contribution is -0.150. The molecule has 2 aromatic rings. The molecule has 2 rings (SSSR count). The van der Waals surface area contributed by atoms with Crippen LogP contribution in [0.4, 0.5) is 4.39 Å². The van der Waals surface area contributed by atoms with E-state index in [1.54, 1.807) is 36.4 Å². The van der Waals surface area contributed by atoms with Crippen molar-refractivity contribution in [3.05, 3.63) is 47.5 Å². The second kappa shape index (κ2) is 9.69. The molecule has 0 aliphatic rings. The number of benzene rings is 2. The van der Waals surface area contributed by atoms with E-state index in [1.807, 2.05) is 0 Å². The molecular formula is C23H29FO6. The summed E-state index contributed by atoms with van der Waals surface area (Å²) in [6.07, 6.45) is -0.916. The van der Waals surface area contributed by atoms with Crippen LogP contribution in [0.25, 0.3) is 0 Å². The largest absolute Gasteiger partial charge is 0.493 e. The molecule has 2 atom stereocenters. The van der Waals surface area contributed by atoms with Gasteiger partial charge in [-0.15, -0.1) is 0 Å². The zero-order chi connectivity index (χ0) is 22.5. The maximum Gasteiger partial charge on any atom is 0.303 e. The van der Waals surface area contributed by atoms with Gasteiger partial charge in [-0.05, 0) is 49.2 Å². The molecule has 0 aromatic heterocycles. The Morgan fingerprint density at radius 1 is 0.800 bits per heavy atom. The highest BCUT2D eigenvalue weighted by atomic mass is 19.1. The van der Waals surface area contributed by atoms with Gasteiger partial charge in [0.05, 0.1) is 34.4 Å². The van der Waals surface area contributed by atoms with Crippen molar-refractivity contribution < 1.29 is 32.9 Å². The van der Waals surface area contributed by atoms with Crippen LogP contribution in [0.15, 0.2) is 36.4 Å². The second-order valence-electron chi connectivity index (χ2n) is 7.30. The van der Waals surface area contributed by atoms with Gasteiger partial charge in [0.25, 0.3) is 0 Å². The zero-order valence-corrected chi connectivity index (χ0v) is 18.4. The third-order valence-corrected chi connectivity index (χ3v) is 4.84. The van der Waals surface area contributed by atoms with Crippen LogP contribution in [-0.2, 0) is 9.53 Å². The van der Waals surface area contributed by atoms with Gasteiger partial charge in [0.15, 0.2) is 23.0 Å². The summed E-state index contributed by atoms with van der Waals surface area (Å²) >= 11 is 0. The van der Waals surface area contributed by atoms with E-state index in [-0.39, 0.29) is 0 Å². The van der Waals surface area contributed by atoms with E-state index in [0.29, 0.717) is 34.1 Å². The van der Waals surface area contributed by atoms with E-state index in [0.717, 1.165) is 0 Å². The molecule has 0 heterocycles. The van der Waals surface area contributed by atoms with E-state index < -0.39 is 23.7 Å². The van der Waals surface area contributed by atoms with Crippen LogP contribution in [0.3, 0.4) is 0 Å². The van der Waals surface area contributed by atoms with Crippen LogP contribution in [0.2, 0.25) is 0 Å². The van der Waals surface area contributed by atoms with Gasteiger partial charge in [-0.2, -0.15) is 0 Å². The van der Waals surface area contributed by atoms with Crippen molar-refractivity contribution in [1.82, 2.24) is 0 Å². The molecule has 0 saturated carbocycles. The molecule has 0 radical (unpaired) electrons. The summed E-state index contributed by atoms with van der Waals surface area (Å²) in [4.78, 5) is 11.9. The second-order valence-corrected chi connectivity index (χ2v) is 7.30. The van der Waals surface area contributed by atoms with Crippen molar-refractivity contribution in [3.63, 3.8) is 0 Å². The minimum atomic E-state index is -1.74. The standard InChI is InChI=1S/C23H29FO6/c1-14(25)30-22(16-9-11-18(27-5)20(13-16)29-7)21(23(2,3)24)15-8-10-17(26-4)19(12-15)28-6/h8-13,21-22H,1-7H3/t21-,22+/m1/s1. The monoisotopic (exact) mass is 420 g/mol. The molecule has 2 aromatic carbocycles. The number of esters is 1. The molecule has 6 nitrogen and oxygen atoms in total. The fourth-order valence-corrected chi connectivity index (χ4v) is 3.51. The molecule has 0 amide bonds. The fourth-order valence-electron chi connectivity index (χ4n) is 3.51. The highest BCUT2D eigenvalue weighted by Crippen LogP contribution is 2.46. The number of carbonyl (C=O) groups is 1. The smallest absolute Gasteiger partial charge is 0.303 e. The van der Waals surface area contributed by atoms with Crippen LogP contribution in [0.1, 0.15) is 43.9 Å². The minimum Gasteiger partial charge on any atom is -0.493 e. The number of alkyl halides is 1. The highest BCUT2D eigenvalue weighted by Gasteiger charge is 2.41. The van der Waals surface area contributed by atoms with Crippen molar-refractivity contribution in [2.75, 3.05) is 28.4 Å². The van der Waals surface area contributed by atoms with Crippen molar-refractivity contribution >= 4 is 5.97 Å². The lowest BCUT2D eigenvalue weighted by atomic mass is 9.79. The molecule has 30 heavy (non-hydrogen) atoms. The number of rotatable bonds is 9. The first kappa shape index (κ1) is 23.3. The molecule has 0 aliphatic heterocycles. The van der Waals surface area contributed by atoms with Crippen LogP contribution < -0.4 is 18.9 Å². The van der Waals surface area contributed by atoms with Crippen molar-refractivity contribution in [2.24, 2.45) is 0 Å². The summed E-state index contributed by atoms with van der Waals surface area (Å²) in [5, 5.41) is 0. The number of methoxy groups -OCH3 is 4. The lowest BCUT2D eigenvalue weighted by Gasteiger charge is -2.34. The Hall–Kier alpha value is -2.96. The van der Waals surface area contributed by atoms with Crippen molar-refractivity contribution in [3.8, 4) is 23.0 Å². The summed E-state index contributed by atoms with van der Waals surface area (Å²) in [5.41, 5.74) is -0.568. The van der Waals surface area contributed by atoms with Gasteiger partial charge in [-0.25, -0.2) is 4.39 Å². The van der Waals surface area contributed by atoms with Crippen molar-refractivity contribution in [1.29, 1.82) is 0 Å². The first-order valence-electron chi connectivity index (χ1n) is 9.46. The van der Waals surface area contributed by atoms with Crippen LogP contribution in [0.5, 0.6) is 23.0 Å². The summed E-state index contributed by atoms with van der Waals surface area (Å²) in [6, 6.07) is 10.3. The fraction of sp³-hybridized carbons (Fsp3) is 0.435. The average Bonchev–Trinajstić information content (AvgIpc) is 2.71. The predicted molar refractivity (Wildman–Crippen MR) is 112 cm³/mol. The Bertz CT molecular complexity index is 874. The maximum absolute atomic E-state index is 15.6. The average molecular weight is 420 g/mol. The Morgan fingerprint density at radius 2 is 1.23 bits per heavy atom. The lowest BCUT2D eigenvalue weighted by Crippen LogP contribution is -2.31. The predicted octanol–water partition coefficient (Wildman–Crippen LogP) is 4.86.